The molecule has 8 atom stereocenters. The summed E-state index contributed by atoms with van der Waals surface area (Å²) in [6.45, 7) is 5.46. The van der Waals surface area contributed by atoms with Gasteiger partial charge < -0.3 is 26.5 Å². The average Bonchev–Trinajstić information content (AvgIpc) is 2.96. The topological polar surface area (TPSA) is 126 Å². The number of fused-ring (bicyclic) bond motifs is 5. The van der Waals surface area contributed by atoms with E-state index < -0.39 is 5.60 Å². The van der Waals surface area contributed by atoms with Crippen LogP contribution in [0.1, 0.15) is 71.6 Å². The van der Waals surface area contributed by atoms with Crippen LogP contribution in [0, 0.1) is 34.5 Å². The largest absolute Gasteiger partial charge is 0.394 e. The van der Waals surface area contributed by atoms with E-state index in [9.17, 15) is 10.2 Å². The Bertz CT molecular complexity index is 696. The molecule has 0 unspecified atom stereocenters. The Kier molecular flexibility index (Phi) is 5.81. The first-order chi connectivity index (χ1) is 14.2. The van der Waals surface area contributed by atoms with E-state index in [4.69, 9.17) is 16.3 Å². The van der Waals surface area contributed by atoms with Crippen molar-refractivity contribution in [3.8, 4) is 0 Å². The van der Waals surface area contributed by atoms with Crippen LogP contribution >= 0.6 is 0 Å². The van der Waals surface area contributed by atoms with E-state index in [0.717, 1.165) is 51.4 Å². The molecule has 0 heterocycles. The minimum Gasteiger partial charge on any atom is -0.394 e. The zero-order valence-electron chi connectivity index (χ0n) is 18.6. The maximum Gasteiger partial charge on any atom is 0.186 e. The maximum absolute atomic E-state index is 12.1. The van der Waals surface area contributed by atoms with Crippen LogP contribution in [-0.4, -0.2) is 47.2 Å². The molecule has 0 aromatic carbocycles. The van der Waals surface area contributed by atoms with Gasteiger partial charge in [0, 0.05) is 17.5 Å². The highest BCUT2D eigenvalue weighted by Crippen LogP contribution is 2.68. The molecule has 7 heteroatoms. The third-order valence-electron chi connectivity index (χ3n) is 9.69. The van der Waals surface area contributed by atoms with Crippen molar-refractivity contribution < 1.29 is 15.1 Å². The van der Waals surface area contributed by atoms with Crippen molar-refractivity contribution in [3.05, 3.63) is 0 Å². The van der Waals surface area contributed by atoms with Crippen molar-refractivity contribution in [1.82, 2.24) is 0 Å². The van der Waals surface area contributed by atoms with E-state index in [-0.39, 0.29) is 28.8 Å². The predicted octanol–water partition coefficient (Wildman–Crippen LogP) is 2.40. The summed E-state index contributed by atoms with van der Waals surface area (Å²) >= 11 is 0. The number of nitrogens with two attached hydrogens (primary N) is 2. The first kappa shape index (κ1) is 21.9. The Balaban J connectivity index is 1.46. The van der Waals surface area contributed by atoms with Gasteiger partial charge in [-0.15, -0.1) is 0 Å². The molecule has 0 aromatic rings. The summed E-state index contributed by atoms with van der Waals surface area (Å²) in [6, 6.07) is 0. The smallest absolute Gasteiger partial charge is 0.186 e. The van der Waals surface area contributed by atoms with Gasteiger partial charge in [0.05, 0.1) is 18.2 Å². The van der Waals surface area contributed by atoms with Gasteiger partial charge in [0.15, 0.2) is 5.96 Å². The molecule has 4 fully saturated rings. The predicted molar refractivity (Wildman–Crippen MR) is 118 cm³/mol. The molecule has 0 amide bonds. The van der Waals surface area contributed by atoms with E-state index in [1.165, 1.54) is 6.42 Å². The molecule has 0 spiro atoms. The molecule has 0 radical (unpaired) electrons. The fraction of sp³-hybridized carbons (Fsp3) is 0.913. The van der Waals surface area contributed by atoms with Gasteiger partial charge >= 0.3 is 0 Å². The number of aliphatic imine (C=N–C) groups is 1. The van der Waals surface area contributed by atoms with Crippen molar-refractivity contribution in [2.75, 3.05) is 13.2 Å². The van der Waals surface area contributed by atoms with Crippen LogP contribution in [0.5, 0.6) is 0 Å². The third-order valence-corrected chi connectivity index (χ3v) is 9.69. The number of rotatable bonds is 5. The molecule has 0 aliphatic heterocycles. The van der Waals surface area contributed by atoms with E-state index >= 15 is 0 Å². The molecule has 170 valence electrons. The maximum atomic E-state index is 12.1. The monoisotopic (exact) mass is 420 g/mol. The quantitative estimate of drug-likeness (QED) is 0.235. The highest BCUT2D eigenvalue weighted by atomic mass is 16.6. The molecule has 7 nitrogen and oxygen atoms in total. The van der Waals surface area contributed by atoms with Gasteiger partial charge in [-0.1, -0.05) is 19.0 Å². The van der Waals surface area contributed by atoms with Crippen LogP contribution < -0.4 is 11.5 Å². The molecule has 4 aliphatic carbocycles. The van der Waals surface area contributed by atoms with Gasteiger partial charge in [-0.3, -0.25) is 0 Å². The lowest BCUT2D eigenvalue weighted by Gasteiger charge is -2.63. The summed E-state index contributed by atoms with van der Waals surface area (Å²) in [4.78, 5) is 9.24. The Morgan fingerprint density at radius 3 is 2.63 bits per heavy atom. The number of oxime groups is 1. The van der Waals surface area contributed by atoms with E-state index in [1.54, 1.807) is 0 Å². The first-order valence-corrected chi connectivity index (χ1v) is 11.8. The van der Waals surface area contributed by atoms with Crippen LogP contribution in [0.25, 0.3) is 0 Å². The van der Waals surface area contributed by atoms with Gasteiger partial charge in [0.1, 0.15) is 6.61 Å². The number of hydrogen-bond donors (Lipinski definition) is 4. The van der Waals surface area contributed by atoms with Crippen molar-refractivity contribution in [2.24, 2.45) is 56.1 Å². The van der Waals surface area contributed by atoms with Crippen molar-refractivity contribution in [3.63, 3.8) is 0 Å². The molecular weight excluding hydrogens is 380 g/mol. The minimum atomic E-state index is -0.630. The molecule has 4 rings (SSSR count). The molecule has 4 saturated carbocycles. The summed E-state index contributed by atoms with van der Waals surface area (Å²) in [5.41, 5.74) is 10.1. The Morgan fingerprint density at radius 1 is 1.07 bits per heavy atom. The third kappa shape index (κ3) is 3.42. The lowest BCUT2D eigenvalue weighted by atomic mass is 9.43. The number of aliphatic hydroxyl groups excluding tert-OH is 1. The molecule has 4 aliphatic rings. The van der Waals surface area contributed by atoms with Crippen LogP contribution in [0.3, 0.4) is 0 Å². The van der Waals surface area contributed by atoms with Gasteiger partial charge in [-0.2, -0.15) is 0 Å². The standard InChI is InChI=1S/C23H40N4O3/c1-21-8-6-17(28)13-15(21)3-4-19-18(21)7-9-22(2)16(5-10-23(19,22)29)14-27-30-12-11-26-20(24)25/h14-19,28-29H,3-13H2,1-2H3,(H4,24,25,26)/b27-14+/t15-,16-,17+,18+,19-,21+,22-,23+/m1/s1. The second kappa shape index (κ2) is 7.97. The zero-order valence-corrected chi connectivity index (χ0v) is 18.6. The van der Waals surface area contributed by atoms with Crippen LogP contribution in [0.15, 0.2) is 10.1 Å². The van der Waals surface area contributed by atoms with Crippen molar-refractivity contribution in [1.29, 1.82) is 0 Å². The average molecular weight is 421 g/mol. The molecule has 0 aromatic heterocycles. The van der Waals surface area contributed by atoms with E-state index in [2.05, 4.69) is 24.0 Å². The lowest BCUT2D eigenvalue weighted by Crippen LogP contribution is -2.62. The van der Waals surface area contributed by atoms with Crippen molar-refractivity contribution in [2.45, 2.75) is 83.3 Å². The van der Waals surface area contributed by atoms with Crippen LogP contribution in [-0.2, 0) is 4.84 Å². The summed E-state index contributed by atoms with van der Waals surface area (Å²) in [5.74, 6) is 1.81. The Labute approximate surface area is 180 Å². The first-order valence-electron chi connectivity index (χ1n) is 11.8. The lowest BCUT2D eigenvalue weighted by molar-refractivity contribution is -0.206. The highest BCUT2D eigenvalue weighted by Gasteiger charge is 2.66. The molecule has 30 heavy (non-hydrogen) atoms. The molecule has 6 N–H and O–H groups in total. The zero-order chi connectivity index (χ0) is 21.6. The normalized spacial score (nSPS) is 47.9. The van der Waals surface area contributed by atoms with Crippen LogP contribution in [0.2, 0.25) is 0 Å². The summed E-state index contributed by atoms with van der Waals surface area (Å²) in [7, 11) is 0. The fourth-order valence-electron chi connectivity index (χ4n) is 7.87. The van der Waals surface area contributed by atoms with E-state index in [0.29, 0.717) is 30.9 Å². The van der Waals surface area contributed by atoms with Gasteiger partial charge in [0.25, 0.3) is 0 Å². The van der Waals surface area contributed by atoms with Gasteiger partial charge in [-0.05, 0) is 81.0 Å². The number of hydrogen-bond acceptors (Lipinski definition) is 5. The SMILES string of the molecule is C[C@]12CC[C@H](O)C[C@H]1CC[C@@H]1[C@@H]2CC[C@]2(C)[C@@H](/C=N/OCCN=C(N)N)CC[C@]12O. The summed E-state index contributed by atoms with van der Waals surface area (Å²) < 4.78 is 0. The molecular formula is C23H40N4O3. The fourth-order valence-corrected chi connectivity index (χ4v) is 7.87. The summed E-state index contributed by atoms with van der Waals surface area (Å²) in [6.07, 6.45) is 11.0. The molecule has 0 bridgehead atoms. The Morgan fingerprint density at radius 2 is 1.87 bits per heavy atom. The van der Waals surface area contributed by atoms with Gasteiger partial charge in [0.2, 0.25) is 0 Å². The Hall–Kier alpha value is -1.34. The molecule has 0 saturated heterocycles. The number of nitrogens with zero attached hydrogens (tertiary/aromatic N) is 2. The second-order valence-corrected chi connectivity index (χ2v) is 10.8. The van der Waals surface area contributed by atoms with Crippen molar-refractivity contribution >= 4 is 12.2 Å². The summed E-state index contributed by atoms with van der Waals surface area (Å²) in [5, 5.41) is 26.5. The van der Waals surface area contributed by atoms with Gasteiger partial charge in [-0.25, -0.2) is 4.99 Å². The number of guanidine groups is 1. The second-order valence-electron chi connectivity index (χ2n) is 10.8. The van der Waals surface area contributed by atoms with E-state index in [1.807, 2.05) is 6.21 Å². The highest BCUT2D eigenvalue weighted by molar-refractivity contribution is 5.75. The van der Waals surface area contributed by atoms with Crippen LogP contribution in [0.4, 0.5) is 0 Å². The number of aliphatic hydroxyl groups is 2. The minimum absolute atomic E-state index is 0.0589.